The minimum Gasteiger partial charge on any atom is -0.467 e. The van der Waals surface area contributed by atoms with Crippen molar-refractivity contribution >= 4 is 11.8 Å². The third-order valence-electron chi connectivity index (χ3n) is 3.78. The number of furan rings is 1. The second-order valence-electron chi connectivity index (χ2n) is 5.37. The summed E-state index contributed by atoms with van der Waals surface area (Å²) < 4.78 is 10.6. The van der Waals surface area contributed by atoms with Gasteiger partial charge in [0, 0.05) is 17.8 Å². The molecule has 0 amide bonds. The highest BCUT2D eigenvalue weighted by atomic mass is 32.2. The molecule has 0 spiro atoms. The first kappa shape index (κ1) is 15.9. The molecular weight excluding hydrogens is 274 g/mol. The highest BCUT2D eigenvalue weighted by Gasteiger charge is 2.20. The second kappa shape index (κ2) is 8.72. The molecule has 2 N–H and O–H groups in total. The van der Waals surface area contributed by atoms with E-state index < -0.39 is 6.10 Å². The van der Waals surface area contributed by atoms with Crippen molar-refractivity contribution in [1.29, 1.82) is 0 Å². The molecule has 1 aromatic heterocycles. The van der Waals surface area contributed by atoms with Crippen molar-refractivity contribution in [1.82, 2.24) is 5.32 Å². The molecule has 4 nitrogen and oxygen atoms in total. The monoisotopic (exact) mass is 299 g/mol. The van der Waals surface area contributed by atoms with Gasteiger partial charge in [-0.3, -0.25) is 0 Å². The Morgan fingerprint density at radius 1 is 1.45 bits per heavy atom. The van der Waals surface area contributed by atoms with Gasteiger partial charge in [0.05, 0.1) is 19.0 Å². The molecule has 0 aliphatic heterocycles. The lowest BCUT2D eigenvalue weighted by Crippen LogP contribution is -2.39. The van der Waals surface area contributed by atoms with Crippen LogP contribution in [0, 0.1) is 0 Å². The van der Waals surface area contributed by atoms with E-state index in [0.29, 0.717) is 25.8 Å². The average Bonchev–Trinajstić information content (AvgIpc) is 2.99. The molecule has 1 unspecified atom stereocenters. The Kier molecular flexibility index (Phi) is 6.93. The van der Waals surface area contributed by atoms with Crippen LogP contribution in [0.4, 0.5) is 0 Å². The third kappa shape index (κ3) is 5.48. The van der Waals surface area contributed by atoms with E-state index in [1.54, 1.807) is 6.26 Å². The van der Waals surface area contributed by atoms with Crippen molar-refractivity contribution in [2.45, 2.75) is 49.7 Å². The Hall–Kier alpha value is -0.490. The molecule has 0 bridgehead atoms. The highest BCUT2D eigenvalue weighted by molar-refractivity contribution is 7.99. The molecule has 5 heteroatoms. The molecule has 1 atom stereocenters. The number of hydrogen-bond donors (Lipinski definition) is 2. The standard InChI is InChI=1S/C15H25NO3S/c1-20-15-6-4-12(5-7-15)16-9-13(17)10-18-11-14-3-2-8-19-14/h2-3,8,12-13,15-17H,4-7,9-11H2,1H3. The van der Waals surface area contributed by atoms with E-state index in [1.165, 1.54) is 25.7 Å². The zero-order chi connectivity index (χ0) is 14.2. The molecule has 1 fully saturated rings. The van der Waals surface area contributed by atoms with Gasteiger partial charge in [0.25, 0.3) is 0 Å². The maximum Gasteiger partial charge on any atom is 0.129 e. The normalized spacial score (nSPS) is 24.7. The van der Waals surface area contributed by atoms with Crippen LogP contribution in [0.25, 0.3) is 0 Å². The van der Waals surface area contributed by atoms with E-state index in [9.17, 15) is 5.11 Å². The zero-order valence-electron chi connectivity index (χ0n) is 12.1. The first-order chi connectivity index (χ1) is 9.78. The quantitative estimate of drug-likeness (QED) is 0.772. The predicted octanol–water partition coefficient (Wildman–Crippen LogP) is 2.42. The minimum atomic E-state index is -0.455. The summed E-state index contributed by atoms with van der Waals surface area (Å²) >= 11 is 1.98. The van der Waals surface area contributed by atoms with Crippen LogP contribution in [-0.2, 0) is 11.3 Å². The Morgan fingerprint density at radius 3 is 2.90 bits per heavy atom. The molecule has 0 aromatic carbocycles. The number of hydrogen-bond acceptors (Lipinski definition) is 5. The first-order valence-electron chi connectivity index (χ1n) is 7.32. The van der Waals surface area contributed by atoms with Gasteiger partial charge in [0.15, 0.2) is 0 Å². The third-order valence-corrected chi connectivity index (χ3v) is 4.92. The van der Waals surface area contributed by atoms with Crippen molar-refractivity contribution in [2.24, 2.45) is 0 Å². The summed E-state index contributed by atoms with van der Waals surface area (Å²) in [6, 6.07) is 4.26. The lowest BCUT2D eigenvalue weighted by Gasteiger charge is -2.28. The van der Waals surface area contributed by atoms with E-state index in [2.05, 4.69) is 11.6 Å². The van der Waals surface area contributed by atoms with Gasteiger partial charge in [-0.05, 0) is 44.1 Å². The molecule has 114 valence electrons. The fourth-order valence-electron chi connectivity index (χ4n) is 2.55. The van der Waals surface area contributed by atoms with Crippen LogP contribution in [-0.4, -0.2) is 41.9 Å². The van der Waals surface area contributed by atoms with Crippen molar-refractivity contribution in [3.05, 3.63) is 24.2 Å². The summed E-state index contributed by atoms with van der Waals surface area (Å²) in [4.78, 5) is 0. The molecule has 2 rings (SSSR count). The van der Waals surface area contributed by atoms with E-state index in [-0.39, 0.29) is 0 Å². The zero-order valence-corrected chi connectivity index (χ0v) is 12.9. The largest absolute Gasteiger partial charge is 0.467 e. The van der Waals surface area contributed by atoms with E-state index in [4.69, 9.17) is 9.15 Å². The molecule has 1 saturated carbocycles. The van der Waals surface area contributed by atoms with Gasteiger partial charge in [-0.25, -0.2) is 0 Å². The Bertz CT molecular complexity index is 350. The Morgan fingerprint density at radius 2 is 2.25 bits per heavy atom. The molecule has 1 aliphatic carbocycles. The summed E-state index contributed by atoms with van der Waals surface area (Å²) in [7, 11) is 0. The summed E-state index contributed by atoms with van der Waals surface area (Å²) in [5.74, 6) is 0.792. The van der Waals surface area contributed by atoms with Crippen LogP contribution in [0.3, 0.4) is 0 Å². The SMILES string of the molecule is CSC1CCC(NCC(O)COCc2ccco2)CC1. The number of nitrogens with one attached hydrogen (secondary N) is 1. The number of aliphatic hydroxyl groups is 1. The number of ether oxygens (including phenoxy) is 1. The lowest BCUT2D eigenvalue weighted by molar-refractivity contribution is 0.0210. The van der Waals surface area contributed by atoms with Crippen molar-refractivity contribution < 1.29 is 14.3 Å². The van der Waals surface area contributed by atoms with Gasteiger partial charge in [-0.1, -0.05) is 0 Å². The van der Waals surface area contributed by atoms with E-state index in [0.717, 1.165) is 11.0 Å². The smallest absolute Gasteiger partial charge is 0.129 e. The second-order valence-corrected chi connectivity index (χ2v) is 6.50. The van der Waals surface area contributed by atoms with Crippen molar-refractivity contribution in [3.63, 3.8) is 0 Å². The number of thioether (sulfide) groups is 1. The maximum atomic E-state index is 9.88. The van der Waals surface area contributed by atoms with E-state index in [1.807, 2.05) is 23.9 Å². The van der Waals surface area contributed by atoms with Gasteiger partial charge in [0.2, 0.25) is 0 Å². The highest BCUT2D eigenvalue weighted by Crippen LogP contribution is 2.26. The van der Waals surface area contributed by atoms with Crippen LogP contribution in [0.2, 0.25) is 0 Å². The molecule has 1 aliphatic rings. The average molecular weight is 299 g/mol. The van der Waals surface area contributed by atoms with Crippen LogP contribution in [0.5, 0.6) is 0 Å². The van der Waals surface area contributed by atoms with Gasteiger partial charge < -0.3 is 19.6 Å². The summed E-state index contributed by atoms with van der Waals surface area (Å²) in [5.41, 5.74) is 0. The molecule has 1 aromatic rings. The molecule has 20 heavy (non-hydrogen) atoms. The topological polar surface area (TPSA) is 54.6 Å². The molecule has 1 heterocycles. The van der Waals surface area contributed by atoms with Crippen molar-refractivity contribution in [2.75, 3.05) is 19.4 Å². The fourth-order valence-corrected chi connectivity index (χ4v) is 3.30. The van der Waals surface area contributed by atoms with Gasteiger partial charge in [-0.15, -0.1) is 0 Å². The van der Waals surface area contributed by atoms with Gasteiger partial charge in [0.1, 0.15) is 12.4 Å². The predicted molar refractivity (Wildman–Crippen MR) is 81.9 cm³/mol. The van der Waals surface area contributed by atoms with Crippen LogP contribution < -0.4 is 5.32 Å². The molecule has 0 radical (unpaired) electrons. The Labute approximate surface area is 125 Å². The summed E-state index contributed by atoms with van der Waals surface area (Å²) in [6.07, 6.45) is 8.36. The first-order valence-corrected chi connectivity index (χ1v) is 8.61. The maximum absolute atomic E-state index is 9.88. The van der Waals surface area contributed by atoms with Gasteiger partial charge >= 0.3 is 0 Å². The van der Waals surface area contributed by atoms with Crippen LogP contribution in [0.1, 0.15) is 31.4 Å². The summed E-state index contributed by atoms with van der Waals surface area (Å²) in [6.45, 7) is 1.36. The molecule has 0 saturated heterocycles. The number of aliphatic hydroxyl groups excluding tert-OH is 1. The summed E-state index contributed by atoms with van der Waals surface area (Å²) in [5, 5.41) is 14.2. The van der Waals surface area contributed by atoms with Gasteiger partial charge in [-0.2, -0.15) is 11.8 Å². The van der Waals surface area contributed by atoms with Crippen LogP contribution in [0.15, 0.2) is 22.8 Å². The Balaban J connectivity index is 1.53. The van der Waals surface area contributed by atoms with Crippen molar-refractivity contribution in [3.8, 4) is 0 Å². The molecular formula is C15H25NO3S. The number of rotatable bonds is 8. The van der Waals surface area contributed by atoms with Crippen LogP contribution >= 0.6 is 11.8 Å². The fraction of sp³-hybridized carbons (Fsp3) is 0.733. The van der Waals surface area contributed by atoms with E-state index >= 15 is 0 Å². The minimum absolute atomic E-state index is 0.341. The lowest BCUT2D eigenvalue weighted by atomic mass is 9.95.